The van der Waals surface area contributed by atoms with Crippen LogP contribution in [-0.4, -0.2) is 33.7 Å². The smallest absolute Gasteiger partial charge is 0.166 e. The molecule has 18 heavy (non-hydrogen) atoms. The maximum Gasteiger partial charge on any atom is 0.166 e. The molecule has 2 heterocycles. The van der Waals surface area contributed by atoms with Gasteiger partial charge in [-0.15, -0.1) is 0 Å². The SMILES string of the molecule is CCCC(=O)c1cnn(C2CCN(N)CC2)c1C. The van der Waals surface area contributed by atoms with Gasteiger partial charge in [0.05, 0.1) is 17.8 Å². The second-order valence-corrected chi connectivity index (χ2v) is 5.03. The molecule has 0 aromatic carbocycles. The van der Waals surface area contributed by atoms with Crippen molar-refractivity contribution >= 4 is 5.78 Å². The topological polar surface area (TPSA) is 64.2 Å². The summed E-state index contributed by atoms with van der Waals surface area (Å²) in [5, 5.41) is 6.25. The Morgan fingerprint density at radius 3 is 2.78 bits per heavy atom. The molecule has 5 nitrogen and oxygen atoms in total. The fourth-order valence-electron chi connectivity index (χ4n) is 2.56. The molecule has 0 unspecified atom stereocenters. The summed E-state index contributed by atoms with van der Waals surface area (Å²) >= 11 is 0. The van der Waals surface area contributed by atoms with Gasteiger partial charge in [0.1, 0.15) is 0 Å². The third-order valence-corrected chi connectivity index (χ3v) is 3.67. The first-order chi connectivity index (χ1) is 8.63. The first-order valence-corrected chi connectivity index (χ1v) is 6.70. The quantitative estimate of drug-likeness (QED) is 0.652. The fraction of sp³-hybridized carbons (Fsp3) is 0.692. The van der Waals surface area contributed by atoms with Crippen LogP contribution >= 0.6 is 0 Å². The molecule has 0 atom stereocenters. The highest BCUT2D eigenvalue weighted by Gasteiger charge is 2.22. The highest BCUT2D eigenvalue weighted by Crippen LogP contribution is 2.23. The van der Waals surface area contributed by atoms with E-state index in [4.69, 9.17) is 5.84 Å². The molecule has 2 rings (SSSR count). The fourth-order valence-corrected chi connectivity index (χ4v) is 2.56. The van der Waals surface area contributed by atoms with Crippen LogP contribution in [0.2, 0.25) is 0 Å². The molecule has 0 amide bonds. The zero-order chi connectivity index (χ0) is 13.1. The number of aromatic nitrogens is 2. The number of carbonyl (C=O) groups excluding carboxylic acids is 1. The Hall–Kier alpha value is -1.20. The molecule has 0 radical (unpaired) electrons. The van der Waals surface area contributed by atoms with Crippen LogP contribution in [0.25, 0.3) is 0 Å². The molecule has 1 fully saturated rings. The summed E-state index contributed by atoms with van der Waals surface area (Å²) in [5.41, 5.74) is 1.79. The highest BCUT2D eigenvalue weighted by atomic mass is 16.1. The first-order valence-electron chi connectivity index (χ1n) is 6.70. The first kappa shape index (κ1) is 13.2. The lowest BCUT2D eigenvalue weighted by Gasteiger charge is -2.29. The van der Waals surface area contributed by atoms with Gasteiger partial charge >= 0.3 is 0 Å². The van der Waals surface area contributed by atoms with Crippen molar-refractivity contribution in [3.8, 4) is 0 Å². The Kier molecular flexibility index (Phi) is 4.14. The molecule has 100 valence electrons. The van der Waals surface area contributed by atoms with Crippen LogP contribution in [-0.2, 0) is 0 Å². The van der Waals surface area contributed by atoms with E-state index in [0.717, 1.165) is 43.6 Å². The Labute approximate surface area is 108 Å². The van der Waals surface area contributed by atoms with E-state index >= 15 is 0 Å². The van der Waals surface area contributed by atoms with Crippen LogP contribution < -0.4 is 5.84 Å². The Balaban J connectivity index is 2.13. The summed E-state index contributed by atoms with van der Waals surface area (Å²) in [6, 6.07) is 0.382. The van der Waals surface area contributed by atoms with E-state index in [2.05, 4.69) is 5.10 Å². The van der Waals surface area contributed by atoms with Crippen molar-refractivity contribution in [2.45, 2.75) is 45.6 Å². The molecule has 0 saturated carbocycles. The van der Waals surface area contributed by atoms with E-state index in [1.54, 1.807) is 6.20 Å². The van der Waals surface area contributed by atoms with Crippen molar-refractivity contribution in [2.75, 3.05) is 13.1 Å². The predicted molar refractivity (Wildman–Crippen MR) is 70.2 cm³/mol. The summed E-state index contributed by atoms with van der Waals surface area (Å²) in [4.78, 5) is 11.9. The average molecular weight is 250 g/mol. The van der Waals surface area contributed by atoms with E-state index < -0.39 is 0 Å². The molecule has 0 spiro atoms. The number of nitrogens with two attached hydrogens (primary N) is 1. The number of carbonyl (C=O) groups is 1. The number of hydrazine groups is 1. The van der Waals surface area contributed by atoms with E-state index in [1.807, 2.05) is 23.5 Å². The maximum atomic E-state index is 11.9. The van der Waals surface area contributed by atoms with Gasteiger partial charge in [0.25, 0.3) is 0 Å². The van der Waals surface area contributed by atoms with Crippen molar-refractivity contribution < 1.29 is 4.79 Å². The van der Waals surface area contributed by atoms with Crippen molar-refractivity contribution in [1.82, 2.24) is 14.8 Å². The standard InChI is InChI=1S/C13H22N4O/c1-3-4-13(18)12-9-15-17(10(12)2)11-5-7-16(14)8-6-11/h9,11H,3-8,14H2,1-2H3. The summed E-state index contributed by atoms with van der Waals surface area (Å²) in [6.45, 7) is 5.80. The second-order valence-electron chi connectivity index (χ2n) is 5.03. The lowest BCUT2D eigenvalue weighted by Crippen LogP contribution is -2.39. The van der Waals surface area contributed by atoms with Crippen LogP contribution in [0, 0.1) is 6.92 Å². The summed E-state index contributed by atoms with van der Waals surface area (Å²) in [7, 11) is 0. The van der Waals surface area contributed by atoms with Gasteiger partial charge in [-0.25, -0.2) is 5.01 Å². The maximum absolute atomic E-state index is 11.9. The minimum Gasteiger partial charge on any atom is -0.294 e. The number of piperidine rings is 1. The minimum atomic E-state index is 0.206. The van der Waals surface area contributed by atoms with E-state index in [0.29, 0.717) is 12.5 Å². The third kappa shape index (κ3) is 2.62. The largest absolute Gasteiger partial charge is 0.294 e. The molecule has 5 heteroatoms. The van der Waals surface area contributed by atoms with E-state index in [-0.39, 0.29) is 5.78 Å². The third-order valence-electron chi connectivity index (χ3n) is 3.67. The molecule has 0 aliphatic carbocycles. The van der Waals surface area contributed by atoms with Gasteiger partial charge in [-0.2, -0.15) is 5.10 Å². The Morgan fingerprint density at radius 1 is 1.50 bits per heavy atom. The lowest BCUT2D eigenvalue weighted by molar-refractivity contribution is 0.0980. The van der Waals surface area contributed by atoms with Crippen molar-refractivity contribution in [3.63, 3.8) is 0 Å². The van der Waals surface area contributed by atoms with Crippen molar-refractivity contribution in [1.29, 1.82) is 0 Å². The summed E-state index contributed by atoms with van der Waals surface area (Å²) in [5.74, 6) is 5.96. The summed E-state index contributed by atoms with van der Waals surface area (Å²) in [6.07, 6.45) is 5.21. The van der Waals surface area contributed by atoms with Gasteiger partial charge < -0.3 is 0 Å². The van der Waals surface area contributed by atoms with Gasteiger partial charge in [0, 0.05) is 25.2 Å². The van der Waals surface area contributed by atoms with E-state index in [1.165, 1.54) is 0 Å². The number of ketones is 1. The van der Waals surface area contributed by atoms with Gasteiger partial charge in [0.2, 0.25) is 0 Å². The van der Waals surface area contributed by atoms with E-state index in [9.17, 15) is 4.79 Å². The average Bonchev–Trinajstić information content (AvgIpc) is 2.73. The molecule has 1 aliphatic rings. The summed E-state index contributed by atoms with van der Waals surface area (Å²) < 4.78 is 2.01. The number of hydrogen-bond donors (Lipinski definition) is 1. The van der Waals surface area contributed by atoms with Gasteiger partial charge in [-0.05, 0) is 26.2 Å². The predicted octanol–water partition coefficient (Wildman–Crippen LogP) is 1.68. The normalized spacial score (nSPS) is 18.2. The number of rotatable bonds is 4. The molecular weight excluding hydrogens is 228 g/mol. The zero-order valence-corrected chi connectivity index (χ0v) is 11.2. The molecular formula is C13H22N4O. The molecule has 1 aromatic heterocycles. The minimum absolute atomic E-state index is 0.206. The number of hydrogen-bond acceptors (Lipinski definition) is 4. The molecule has 2 N–H and O–H groups in total. The molecule has 0 bridgehead atoms. The van der Waals surface area contributed by atoms with Crippen LogP contribution in [0.3, 0.4) is 0 Å². The Bertz CT molecular complexity index is 419. The van der Waals surface area contributed by atoms with Crippen LogP contribution in [0.1, 0.15) is 54.7 Å². The second kappa shape index (κ2) is 5.63. The Morgan fingerprint density at radius 2 is 2.17 bits per heavy atom. The lowest BCUT2D eigenvalue weighted by atomic mass is 10.0. The monoisotopic (exact) mass is 250 g/mol. The van der Waals surface area contributed by atoms with Gasteiger partial charge in [0.15, 0.2) is 5.78 Å². The molecule has 1 aromatic rings. The zero-order valence-electron chi connectivity index (χ0n) is 11.2. The van der Waals surface area contributed by atoms with Crippen molar-refractivity contribution in [3.05, 3.63) is 17.5 Å². The van der Waals surface area contributed by atoms with Crippen LogP contribution in [0.4, 0.5) is 0 Å². The van der Waals surface area contributed by atoms with Gasteiger partial charge in [-0.3, -0.25) is 15.3 Å². The van der Waals surface area contributed by atoms with Crippen molar-refractivity contribution in [2.24, 2.45) is 5.84 Å². The van der Waals surface area contributed by atoms with Gasteiger partial charge in [-0.1, -0.05) is 6.92 Å². The van der Waals surface area contributed by atoms with Crippen LogP contribution in [0.5, 0.6) is 0 Å². The molecule has 1 aliphatic heterocycles. The van der Waals surface area contributed by atoms with Crippen LogP contribution in [0.15, 0.2) is 6.20 Å². The molecule has 1 saturated heterocycles. The number of Topliss-reactive ketones (excluding diaryl/α,β-unsaturated/α-hetero) is 1. The highest BCUT2D eigenvalue weighted by molar-refractivity contribution is 5.96. The number of nitrogens with zero attached hydrogens (tertiary/aromatic N) is 3.